The van der Waals surface area contributed by atoms with Crippen molar-refractivity contribution in [3.8, 4) is 0 Å². The largest absolute Gasteiger partial charge is 0.381 e. The van der Waals surface area contributed by atoms with Crippen LogP contribution in [0, 0.1) is 0 Å². The SMILES string of the molecule is O=C(NC1(CCl)CCOCC1)c1cccc(Cl)c1. The zero-order valence-corrected chi connectivity index (χ0v) is 11.4. The quantitative estimate of drug-likeness (QED) is 0.869. The molecule has 1 aromatic rings. The van der Waals surface area contributed by atoms with Crippen LogP contribution in [0.15, 0.2) is 24.3 Å². The van der Waals surface area contributed by atoms with Gasteiger partial charge in [-0.1, -0.05) is 17.7 Å². The Morgan fingerprint density at radius 3 is 2.72 bits per heavy atom. The van der Waals surface area contributed by atoms with E-state index in [1.54, 1.807) is 24.3 Å². The molecule has 1 aliphatic heterocycles. The van der Waals surface area contributed by atoms with Crippen LogP contribution in [0.1, 0.15) is 23.2 Å². The second-order valence-corrected chi connectivity index (χ2v) is 5.19. The number of carbonyl (C=O) groups is 1. The molecule has 0 bridgehead atoms. The number of benzene rings is 1. The van der Waals surface area contributed by atoms with Gasteiger partial charge in [0.2, 0.25) is 0 Å². The summed E-state index contributed by atoms with van der Waals surface area (Å²) < 4.78 is 5.30. The molecule has 2 rings (SSSR count). The summed E-state index contributed by atoms with van der Waals surface area (Å²) in [6.07, 6.45) is 1.48. The number of alkyl halides is 1. The van der Waals surface area contributed by atoms with Gasteiger partial charge >= 0.3 is 0 Å². The van der Waals surface area contributed by atoms with Gasteiger partial charge in [0.05, 0.1) is 5.54 Å². The smallest absolute Gasteiger partial charge is 0.251 e. The summed E-state index contributed by atoms with van der Waals surface area (Å²) >= 11 is 11.9. The number of amides is 1. The molecule has 0 radical (unpaired) electrons. The molecule has 98 valence electrons. The third-order valence-corrected chi connectivity index (χ3v) is 3.92. The number of halogens is 2. The van der Waals surface area contributed by atoms with E-state index in [1.165, 1.54) is 0 Å². The third kappa shape index (κ3) is 3.16. The molecule has 1 saturated heterocycles. The summed E-state index contributed by atoms with van der Waals surface area (Å²) in [6.45, 7) is 1.26. The van der Waals surface area contributed by atoms with Crippen LogP contribution < -0.4 is 5.32 Å². The van der Waals surface area contributed by atoms with E-state index in [0.717, 1.165) is 12.8 Å². The fourth-order valence-corrected chi connectivity index (χ4v) is 2.52. The van der Waals surface area contributed by atoms with Crippen molar-refractivity contribution < 1.29 is 9.53 Å². The van der Waals surface area contributed by atoms with Crippen LogP contribution in [-0.4, -0.2) is 30.5 Å². The van der Waals surface area contributed by atoms with E-state index >= 15 is 0 Å². The standard InChI is InChI=1S/C13H15Cl2NO2/c14-9-13(4-6-18-7-5-13)16-12(17)10-2-1-3-11(15)8-10/h1-3,8H,4-7,9H2,(H,16,17). The number of hydrogen-bond acceptors (Lipinski definition) is 2. The van der Waals surface area contributed by atoms with Crippen molar-refractivity contribution >= 4 is 29.1 Å². The van der Waals surface area contributed by atoms with Gasteiger partial charge < -0.3 is 10.1 Å². The average Bonchev–Trinajstić information content (AvgIpc) is 2.40. The predicted octanol–water partition coefficient (Wildman–Crippen LogP) is 2.86. The van der Waals surface area contributed by atoms with Gasteiger partial charge in [-0.05, 0) is 31.0 Å². The molecular weight excluding hydrogens is 273 g/mol. The zero-order valence-electron chi connectivity index (χ0n) is 9.92. The molecule has 1 heterocycles. The highest BCUT2D eigenvalue weighted by molar-refractivity contribution is 6.31. The van der Waals surface area contributed by atoms with E-state index in [2.05, 4.69) is 5.32 Å². The van der Waals surface area contributed by atoms with Gasteiger partial charge in [0.1, 0.15) is 0 Å². The van der Waals surface area contributed by atoms with Gasteiger partial charge in [-0.15, -0.1) is 11.6 Å². The Morgan fingerprint density at radius 1 is 1.39 bits per heavy atom. The highest BCUT2D eigenvalue weighted by Gasteiger charge is 2.33. The highest BCUT2D eigenvalue weighted by Crippen LogP contribution is 2.23. The van der Waals surface area contributed by atoms with Crippen LogP contribution >= 0.6 is 23.2 Å². The van der Waals surface area contributed by atoms with Gasteiger partial charge in [0.15, 0.2) is 0 Å². The number of hydrogen-bond donors (Lipinski definition) is 1. The minimum absolute atomic E-state index is 0.139. The second kappa shape index (κ2) is 5.91. The molecule has 0 atom stereocenters. The molecule has 1 amide bonds. The predicted molar refractivity (Wildman–Crippen MR) is 72.4 cm³/mol. The second-order valence-electron chi connectivity index (χ2n) is 4.49. The normalized spacial score (nSPS) is 18.3. The minimum atomic E-state index is -0.362. The maximum Gasteiger partial charge on any atom is 0.251 e. The van der Waals surface area contributed by atoms with Gasteiger partial charge in [-0.3, -0.25) is 4.79 Å². The molecule has 1 aliphatic rings. The molecule has 1 fully saturated rings. The van der Waals surface area contributed by atoms with E-state index in [0.29, 0.717) is 29.7 Å². The molecule has 0 aromatic heterocycles. The Bertz CT molecular complexity index is 431. The number of nitrogens with one attached hydrogen (secondary N) is 1. The van der Waals surface area contributed by atoms with E-state index in [1.807, 2.05) is 0 Å². The maximum atomic E-state index is 12.2. The first-order chi connectivity index (χ1) is 8.65. The summed E-state index contributed by atoms with van der Waals surface area (Å²) in [5.41, 5.74) is 0.192. The Kier molecular flexibility index (Phi) is 4.49. The Balaban J connectivity index is 2.10. The van der Waals surface area contributed by atoms with Gasteiger partial charge in [0.25, 0.3) is 5.91 Å². The van der Waals surface area contributed by atoms with E-state index < -0.39 is 0 Å². The van der Waals surface area contributed by atoms with Gasteiger partial charge in [0, 0.05) is 29.7 Å². The fourth-order valence-electron chi connectivity index (χ4n) is 2.00. The minimum Gasteiger partial charge on any atom is -0.381 e. The van der Waals surface area contributed by atoms with E-state index in [9.17, 15) is 4.79 Å². The summed E-state index contributed by atoms with van der Waals surface area (Å²) in [4.78, 5) is 12.2. The molecule has 1 aromatic carbocycles. The zero-order chi connectivity index (χ0) is 13.0. The Morgan fingerprint density at radius 2 is 2.11 bits per heavy atom. The number of rotatable bonds is 3. The summed E-state index contributed by atoms with van der Waals surface area (Å²) in [7, 11) is 0. The lowest BCUT2D eigenvalue weighted by atomic mass is 9.92. The van der Waals surface area contributed by atoms with Crippen LogP contribution in [0.2, 0.25) is 5.02 Å². The van der Waals surface area contributed by atoms with Crippen molar-refractivity contribution in [3.63, 3.8) is 0 Å². The van der Waals surface area contributed by atoms with E-state index in [-0.39, 0.29) is 11.4 Å². The first kappa shape index (κ1) is 13.7. The average molecular weight is 288 g/mol. The van der Waals surface area contributed by atoms with Crippen molar-refractivity contribution in [3.05, 3.63) is 34.9 Å². The van der Waals surface area contributed by atoms with Crippen LogP contribution in [0.25, 0.3) is 0 Å². The molecule has 0 saturated carbocycles. The first-order valence-corrected chi connectivity index (χ1v) is 6.78. The molecule has 1 N–H and O–H groups in total. The van der Waals surface area contributed by atoms with Crippen molar-refractivity contribution in [1.29, 1.82) is 0 Å². The van der Waals surface area contributed by atoms with E-state index in [4.69, 9.17) is 27.9 Å². The molecule has 3 nitrogen and oxygen atoms in total. The third-order valence-electron chi connectivity index (χ3n) is 3.17. The lowest BCUT2D eigenvalue weighted by Gasteiger charge is -2.36. The van der Waals surface area contributed by atoms with Crippen molar-refractivity contribution in [1.82, 2.24) is 5.32 Å². The summed E-state index contributed by atoms with van der Waals surface area (Å²) in [6, 6.07) is 6.89. The molecular formula is C13H15Cl2NO2. The van der Waals surface area contributed by atoms with Crippen molar-refractivity contribution in [2.75, 3.05) is 19.1 Å². The van der Waals surface area contributed by atoms with Crippen molar-refractivity contribution in [2.24, 2.45) is 0 Å². The molecule has 0 aliphatic carbocycles. The van der Waals surface area contributed by atoms with Gasteiger partial charge in [-0.25, -0.2) is 0 Å². The summed E-state index contributed by atoms with van der Waals surface area (Å²) in [5, 5.41) is 3.57. The van der Waals surface area contributed by atoms with Crippen LogP contribution in [0.3, 0.4) is 0 Å². The van der Waals surface area contributed by atoms with Gasteiger partial charge in [-0.2, -0.15) is 0 Å². The first-order valence-electron chi connectivity index (χ1n) is 5.87. The van der Waals surface area contributed by atoms with Crippen molar-refractivity contribution in [2.45, 2.75) is 18.4 Å². The molecule has 5 heteroatoms. The molecule has 0 unspecified atom stereocenters. The van der Waals surface area contributed by atoms with Crippen LogP contribution in [0.4, 0.5) is 0 Å². The Labute approximate surface area is 116 Å². The Hall–Kier alpha value is -0.770. The topological polar surface area (TPSA) is 38.3 Å². The fraction of sp³-hybridized carbons (Fsp3) is 0.462. The number of ether oxygens (including phenoxy) is 1. The monoisotopic (exact) mass is 287 g/mol. The number of carbonyl (C=O) groups excluding carboxylic acids is 1. The molecule has 18 heavy (non-hydrogen) atoms. The maximum absolute atomic E-state index is 12.2. The van der Waals surface area contributed by atoms with Crippen LogP contribution in [0.5, 0.6) is 0 Å². The summed E-state index contributed by atoms with van der Waals surface area (Å²) in [5.74, 6) is 0.253. The van der Waals surface area contributed by atoms with Crippen LogP contribution in [-0.2, 0) is 4.74 Å². The lowest BCUT2D eigenvalue weighted by Crippen LogP contribution is -2.53. The molecule has 0 spiro atoms. The highest BCUT2D eigenvalue weighted by atomic mass is 35.5. The lowest BCUT2D eigenvalue weighted by molar-refractivity contribution is 0.0434.